The number of ether oxygens (including phenoxy) is 2. The summed E-state index contributed by atoms with van der Waals surface area (Å²) in [7, 11) is 0. The Morgan fingerprint density at radius 3 is 2.59 bits per heavy atom. The molecule has 0 radical (unpaired) electrons. The normalized spacial score (nSPS) is 15.7. The van der Waals surface area contributed by atoms with Crippen molar-refractivity contribution in [2.45, 2.75) is 32.4 Å². The summed E-state index contributed by atoms with van der Waals surface area (Å²) < 4.78 is 28.3. The van der Waals surface area contributed by atoms with Crippen LogP contribution >= 0.6 is 22.9 Å². The maximum Gasteiger partial charge on any atom is 0.271 e. The number of rotatable bonds is 7. The first-order valence-electron chi connectivity index (χ1n) is 14.5. The number of allylic oxidation sites excluding steroid dienone is 1. The van der Waals surface area contributed by atoms with Crippen LogP contribution in [-0.2, 0) is 13.0 Å². The molecule has 0 amide bonds. The van der Waals surface area contributed by atoms with Gasteiger partial charge in [0.1, 0.15) is 12.4 Å². The van der Waals surface area contributed by atoms with Gasteiger partial charge in [0.2, 0.25) is 0 Å². The summed E-state index contributed by atoms with van der Waals surface area (Å²) in [6.45, 7) is 2.67. The van der Waals surface area contributed by atoms with Crippen molar-refractivity contribution in [3.05, 3.63) is 155 Å². The van der Waals surface area contributed by atoms with Gasteiger partial charge in [-0.1, -0.05) is 83.6 Å². The van der Waals surface area contributed by atoms with Crippen molar-refractivity contribution in [3.63, 3.8) is 0 Å². The molecule has 2 aliphatic rings. The van der Waals surface area contributed by atoms with Crippen LogP contribution in [-0.4, -0.2) is 11.2 Å². The minimum absolute atomic E-state index is 0.134. The summed E-state index contributed by atoms with van der Waals surface area (Å²) >= 11 is 7.67. The fourth-order valence-electron chi connectivity index (χ4n) is 5.89. The zero-order valence-corrected chi connectivity index (χ0v) is 25.5. The Bertz CT molecular complexity index is 2100. The Morgan fingerprint density at radius 2 is 1.77 bits per heavy atom. The highest BCUT2D eigenvalue weighted by molar-refractivity contribution is 7.07. The lowest BCUT2D eigenvalue weighted by Crippen LogP contribution is -2.38. The van der Waals surface area contributed by atoms with Gasteiger partial charge < -0.3 is 9.47 Å². The first-order valence-corrected chi connectivity index (χ1v) is 15.7. The summed E-state index contributed by atoms with van der Waals surface area (Å²) in [5.74, 6) is 0.860. The molecule has 5 nitrogen and oxygen atoms in total. The third-order valence-electron chi connectivity index (χ3n) is 7.97. The van der Waals surface area contributed by atoms with Gasteiger partial charge in [-0.3, -0.25) is 9.36 Å². The number of halogens is 2. The molecular formula is C36H28ClFN2O3S. The Hall–Kier alpha value is -4.46. The lowest BCUT2D eigenvalue weighted by molar-refractivity contribution is 0.269. The number of thiazole rings is 1. The second-order valence-corrected chi connectivity index (χ2v) is 12.1. The molecule has 0 saturated heterocycles. The maximum absolute atomic E-state index is 14.1. The van der Waals surface area contributed by atoms with Crippen molar-refractivity contribution in [3.8, 4) is 11.5 Å². The van der Waals surface area contributed by atoms with E-state index in [0.29, 0.717) is 39.1 Å². The molecule has 1 aliphatic carbocycles. The molecule has 0 fully saturated rings. The standard InChI is InChI=1S/C36H28ClFN2O3S/c1-2-42-31-19-22(11-18-30(31)43-21-25-8-4-6-10-29(25)37)20-32-35(41)40-34(24-12-15-26(38)16-13-24)28-17-14-23-7-3-5-9-27(23)33(28)39-36(40)44-32/h3-13,15-16,18-20,34H,2,14,17,21H2,1H3/b32-20+/t34-/m0/s1. The van der Waals surface area contributed by atoms with Crippen LogP contribution in [0.4, 0.5) is 4.39 Å². The van der Waals surface area contributed by atoms with E-state index in [1.54, 1.807) is 16.7 Å². The van der Waals surface area contributed by atoms with Crippen LogP contribution in [0.25, 0.3) is 11.8 Å². The van der Waals surface area contributed by atoms with Gasteiger partial charge in [0.05, 0.1) is 22.9 Å². The fourth-order valence-corrected chi connectivity index (χ4v) is 7.08. The SMILES string of the molecule is CCOc1cc(/C=c2/sc3n(c2=O)[C@@H](c2ccc(F)cc2)C2=C(N=3)c3ccccc3CC2)ccc1OCc1ccccc1Cl. The minimum Gasteiger partial charge on any atom is -0.490 e. The van der Waals surface area contributed by atoms with Gasteiger partial charge in [-0.05, 0) is 78.4 Å². The van der Waals surface area contributed by atoms with E-state index in [2.05, 4.69) is 12.1 Å². The second kappa shape index (κ2) is 11.9. The Balaban J connectivity index is 1.31. The van der Waals surface area contributed by atoms with E-state index in [1.807, 2.05) is 67.6 Å². The highest BCUT2D eigenvalue weighted by atomic mass is 35.5. The monoisotopic (exact) mass is 622 g/mol. The van der Waals surface area contributed by atoms with Gasteiger partial charge in [-0.2, -0.15) is 0 Å². The molecule has 0 saturated carbocycles. The molecule has 0 N–H and O–H groups in total. The fraction of sp³-hybridized carbons (Fsp3) is 0.167. The van der Waals surface area contributed by atoms with E-state index in [9.17, 15) is 9.18 Å². The van der Waals surface area contributed by atoms with E-state index in [1.165, 1.54) is 29.0 Å². The lowest BCUT2D eigenvalue weighted by Gasteiger charge is -2.30. The van der Waals surface area contributed by atoms with E-state index in [4.69, 9.17) is 26.1 Å². The molecule has 7 rings (SSSR count). The van der Waals surface area contributed by atoms with E-state index in [-0.39, 0.29) is 17.4 Å². The number of nitrogens with zero attached hydrogens (tertiary/aromatic N) is 2. The van der Waals surface area contributed by atoms with E-state index in [0.717, 1.165) is 46.4 Å². The minimum atomic E-state index is -0.364. The largest absolute Gasteiger partial charge is 0.490 e. The predicted molar refractivity (Wildman–Crippen MR) is 173 cm³/mol. The van der Waals surface area contributed by atoms with Gasteiger partial charge in [-0.25, -0.2) is 9.38 Å². The predicted octanol–water partition coefficient (Wildman–Crippen LogP) is 7.09. The molecule has 8 heteroatoms. The van der Waals surface area contributed by atoms with Crippen molar-refractivity contribution in [2.24, 2.45) is 4.99 Å². The van der Waals surface area contributed by atoms with E-state index < -0.39 is 0 Å². The molecule has 0 unspecified atom stereocenters. The zero-order chi connectivity index (χ0) is 30.2. The van der Waals surface area contributed by atoms with Crippen LogP contribution in [0.15, 0.2) is 106 Å². The second-order valence-electron chi connectivity index (χ2n) is 10.7. The van der Waals surface area contributed by atoms with Crippen molar-refractivity contribution in [1.29, 1.82) is 0 Å². The summed E-state index contributed by atoms with van der Waals surface area (Å²) in [6, 6.07) is 27.5. The van der Waals surface area contributed by atoms with Gasteiger partial charge in [-0.15, -0.1) is 0 Å². The summed E-state index contributed by atoms with van der Waals surface area (Å²) in [5.41, 5.74) is 6.73. The van der Waals surface area contributed by atoms with Gasteiger partial charge in [0.15, 0.2) is 16.3 Å². The summed E-state index contributed by atoms with van der Waals surface area (Å²) in [5, 5.41) is 0.640. The smallest absolute Gasteiger partial charge is 0.271 e. The third kappa shape index (κ3) is 5.27. The van der Waals surface area contributed by atoms with Crippen LogP contribution in [0.5, 0.6) is 11.5 Å². The number of aromatic nitrogens is 1. The van der Waals surface area contributed by atoms with Crippen LogP contribution in [0.2, 0.25) is 5.02 Å². The van der Waals surface area contributed by atoms with Crippen molar-refractivity contribution in [1.82, 2.24) is 4.57 Å². The molecule has 2 heterocycles. The number of aryl methyl sites for hydroxylation is 1. The molecule has 4 aromatic carbocycles. The van der Waals surface area contributed by atoms with Gasteiger partial charge >= 0.3 is 0 Å². The Morgan fingerprint density at radius 1 is 0.977 bits per heavy atom. The molecule has 1 aliphatic heterocycles. The van der Waals surface area contributed by atoms with Crippen LogP contribution in [0.3, 0.4) is 0 Å². The lowest BCUT2D eigenvalue weighted by atomic mass is 9.83. The molecule has 0 bridgehead atoms. The Labute approximate surface area is 262 Å². The molecule has 220 valence electrons. The summed E-state index contributed by atoms with van der Waals surface area (Å²) in [4.78, 5) is 19.8. The van der Waals surface area contributed by atoms with Crippen LogP contribution in [0.1, 0.15) is 47.2 Å². The number of benzene rings is 4. The molecule has 5 aromatic rings. The van der Waals surface area contributed by atoms with Crippen molar-refractivity contribution < 1.29 is 13.9 Å². The highest BCUT2D eigenvalue weighted by Crippen LogP contribution is 2.41. The highest BCUT2D eigenvalue weighted by Gasteiger charge is 2.32. The van der Waals surface area contributed by atoms with Gasteiger partial charge in [0.25, 0.3) is 5.56 Å². The zero-order valence-electron chi connectivity index (χ0n) is 23.9. The summed E-state index contributed by atoms with van der Waals surface area (Å²) in [6.07, 6.45) is 3.50. The topological polar surface area (TPSA) is 52.8 Å². The average molecular weight is 623 g/mol. The molecule has 1 aromatic heterocycles. The van der Waals surface area contributed by atoms with Crippen LogP contribution in [0, 0.1) is 5.82 Å². The quantitative estimate of drug-likeness (QED) is 0.195. The average Bonchev–Trinajstić information content (AvgIpc) is 3.35. The number of hydrogen-bond donors (Lipinski definition) is 0. The van der Waals surface area contributed by atoms with Crippen molar-refractivity contribution in [2.75, 3.05) is 6.61 Å². The number of hydrogen-bond acceptors (Lipinski definition) is 5. The third-order valence-corrected chi connectivity index (χ3v) is 9.32. The first-order chi connectivity index (χ1) is 21.5. The molecule has 44 heavy (non-hydrogen) atoms. The molecule has 1 atom stereocenters. The van der Waals surface area contributed by atoms with Gasteiger partial charge in [0, 0.05) is 16.1 Å². The maximum atomic E-state index is 14.1. The van der Waals surface area contributed by atoms with Crippen LogP contribution < -0.4 is 24.4 Å². The molecular weight excluding hydrogens is 595 g/mol. The Kier molecular flexibility index (Phi) is 7.66. The van der Waals surface area contributed by atoms with E-state index >= 15 is 0 Å². The number of fused-ring (bicyclic) bond motifs is 3. The first kappa shape index (κ1) is 28.3. The molecule has 0 spiro atoms. The van der Waals surface area contributed by atoms with Crippen molar-refractivity contribution >= 4 is 34.7 Å².